The molecule has 1 aliphatic rings. The van der Waals surface area contributed by atoms with Gasteiger partial charge in [-0.05, 0) is 25.8 Å². The molecule has 1 aliphatic heterocycles. The molecule has 1 saturated heterocycles. The van der Waals surface area contributed by atoms with Crippen LogP contribution < -0.4 is 16.2 Å². The number of hydrogen-bond acceptors (Lipinski definition) is 5. The number of nitrogens with one attached hydrogen (secondary N) is 2. The van der Waals surface area contributed by atoms with E-state index in [4.69, 9.17) is 5.73 Å². The number of rotatable bonds is 2. The topological polar surface area (TPSA) is 104 Å². The maximum absolute atomic E-state index is 11.3. The van der Waals surface area contributed by atoms with Crippen molar-refractivity contribution < 1.29 is 0 Å². The molecule has 2 atom stereocenters. The predicted octanol–water partition coefficient (Wildman–Crippen LogP) is 0.476. The van der Waals surface area contributed by atoms with Crippen LogP contribution in [0.5, 0.6) is 0 Å². The molecule has 20 heavy (non-hydrogen) atoms. The van der Waals surface area contributed by atoms with Gasteiger partial charge >= 0.3 is 0 Å². The lowest BCUT2D eigenvalue weighted by molar-refractivity contribution is 0.416. The van der Waals surface area contributed by atoms with Crippen LogP contribution in [0.1, 0.15) is 19.8 Å². The first kappa shape index (κ1) is 12.9. The number of piperidine rings is 1. The largest absolute Gasteiger partial charge is 0.335 e. The number of anilines is 1. The molecular weight excluding hydrogens is 256 g/mol. The van der Waals surface area contributed by atoms with Crippen molar-refractivity contribution in [2.24, 2.45) is 5.73 Å². The van der Waals surface area contributed by atoms with Crippen molar-refractivity contribution in [3.63, 3.8) is 0 Å². The van der Waals surface area contributed by atoms with Crippen LogP contribution in [0.4, 0.5) is 5.95 Å². The molecule has 0 aliphatic carbocycles. The summed E-state index contributed by atoms with van der Waals surface area (Å²) in [5.41, 5.74) is 6.56. The van der Waals surface area contributed by atoms with E-state index in [0.717, 1.165) is 19.4 Å². The fourth-order valence-corrected chi connectivity index (χ4v) is 2.54. The summed E-state index contributed by atoms with van der Waals surface area (Å²) in [6, 6.07) is 5.30. The van der Waals surface area contributed by atoms with Gasteiger partial charge in [-0.1, -0.05) is 6.07 Å². The predicted molar refractivity (Wildman–Crippen MR) is 76.5 cm³/mol. The summed E-state index contributed by atoms with van der Waals surface area (Å²) in [6.07, 6.45) is 2.07. The van der Waals surface area contributed by atoms with Gasteiger partial charge in [-0.2, -0.15) is 4.98 Å². The minimum absolute atomic E-state index is 0.141. The fourth-order valence-electron chi connectivity index (χ4n) is 2.54. The molecule has 7 nitrogen and oxygen atoms in total. The van der Waals surface area contributed by atoms with Gasteiger partial charge < -0.3 is 15.6 Å². The Morgan fingerprint density at radius 2 is 2.30 bits per heavy atom. The molecular formula is C13H18N6O. The summed E-state index contributed by atoms with van der Waals surface area (Å²) in [5, 5.41) is 7.11. The van der Waals surface area contributed by atoms with Gasteiger partial charge in [0.05, 0.1) is 5.69 Å². The third kappa shape index (κ3) is 2.32. The van der Waals surface area contributed by atoms with E-state index in [-0.39, 0.29) is 17.6 Å². The SMILES string of the molecule is CC1C(N)CCCN1c1n[nH]c(-c2cccc(=O)[nH]2)n1. The summed E-state index contributed by atoms with van der Waals surface area (Å²) in [6.45, 7) is 2.99. The molecule has 106 valence electrons. The first-order valence-electron chi connectivity index (χ1n) is 6.79. The smallest absolute Gasteiger partial charge is 0.248 e. The molecule has 4 N–H and O–H groups in total. The van der Waals surface area contributed by atoms with Crippen molar-refractivity contribution in [3.8, 4) is 11.5 Å². The highest BCUT2D eigenvalue weighted by molar-refractivity contribution is 5.51. The molecule has 3 rings (SSSR count). The normalized spacial score (nSPS) is 23.0. The van der Waals surface area contributed by atoms with E-state index in [9.17, 15) is 4.79 Å². The molecule has 7 heteroatoms. The summed E-state index contributed by atoms with van der Waals surface area (Å²) in [7, 11) is 0. The summed E-state index contributed by atoms with van der Waals surface area (Å²) in [4.78, 5) is 20.6. The number of aromatic amines is 2. The van der Waals surface area contributed by atoms with Crippen LogP contribution in [0.3, 0.4) is 0 Å². The number of aromatic nitrogens is 4. The van der Waals surface area contributed by atoms with Crippen LogP contribution in [0.15, 0.2) is 23.0 Å². The lowest BCUT2D eigenvalue weighted by Gasteiger charge is -2.36. The molecule has 1 fully saturated rings. The van der Waals surface area contributed by atoms with E-state index in [1.54, 1.807) is 12.1 Å². The Balaban J connectivity index is 1.88. The highest BCUT2D eigenvalue weighted by Crippen LogP contribution is 2.22. The van der Waals surface area contributed by atoms with Crippen LogP contribution in [0.2, 0.25) is 0 Å². The van der Waals surface area contributed by atoms with Crippen molar-refractivity contribution in [1.29, 1.82) is 0 Å². The van der Waals surface area contributed by atoms with E-state index in [0.29, 0.717) is 17.5 Å². The van der Waals surface area contributed by atoms with E-state index in [1.165, 1.54) is 6.07 Å². The standard InChI is InChI=1S/C13H18N6O/c1-8-9(14)4-3-7-19(8)13-16-12(17-18-13)10-5-2-6-11(20)15-10/h2,5-6,8-9H,3-4,7,14H2,1H3,(H,15,20)(H,16,17,18). The minimum Gasteiger partial charge on any atom is -0.335 e. The second-order valence-corrected chi connectivity index (χ2v) is 5.15. The van der Waals surface area contributed by atoms with E-state index < -0.39 is 0 Å². The van der Waals surface area contributed by atoms with Crippen molar-refractivity contribution in [2.75, 3.05) is 11.4 Å². The molecule has 2 aromatic rings. The van der Waals surface area contributed by atoms with E-state index in [1.807, 2.05) is 0 Å². The van der Waals surface area contributed by atoms with Gasteiger partial charge in [0.1, 0.15) is 0 Å². The first-order valence-corrected chi connectivity index (χ1v) is 6.79. The highest BCUT2D eigenvalue weighted by Gasteiger charge is 2.27. The maximum Gasteiger partial charge on any atom is 0.248 e. The Morgan fingerprint density at radius 1 is 1.45 bits per heavy atom. The van der Waals surface area contributed by atoms with Crippen LogP contribution in [0.25, 0.3) is 11.5 Å². The van der Waals surface area contributed by atoms with Crippen molar-refractivity contribution in [2.45, 2.75) is 31.8 Å². The number of nitrogens with zero attached hydrogens (tertiary/aromatic N) is 3. The Labute approximate surface area is 116 Å². The number of hydrogen-bond donors (Lipinski definition) is 3. The number of nitrogens with two attached hydrogens (primary N) is 1. The average molecular weight is 274 g/mol. The average Bonchev–Trinajstić information content (AvgIpc) is 2.91. The van der Waals surface area contributed by atoms with Crippen LogP contribution in [0, 0.1) is 0 Å². The number of pyridine rings is 1. The number of H-pyrrole nitrogens is 2. The van der Waals surface area contributed by atoms with Gasteiger partial charge in [0.15, 0.2) is 5.82 Å². The Kier molecular flexibility index (Phi) is 3.27. The second kappa shape index (κ2) is 5.09. The van der Waals surface area contributed by atoms with Gasteiger partial charge in [0, 0.05) is 24.7 Å². The molecule has 0 saturated carbocycles. The molecule has 0 aromatic carbocycles. The van der Waals surface area contributed by atoms with Gasteiger partial charge in [-0.3, -0.25) is 9.89 Å². The van der Waals surface area contributed by atoms with Crippen molar-refractivity contribution in [1.82, 2.24) is 20.2 Å². The zero-order valence-electron chi connectivity index (χ0n) is 11.3. The first-order chi connectivity index (χ1) is 9.65. The van der Waals surface area contributed by atoms with E-state index in [2.05, 4.69) is 32.0 Å². The zero-order valence-corrected chi connectivity index (χ0v) is 11.3. The van der Waals surface area contributed by atoms with Gasteiger partial charge in [0.25, 0.3) is 0 Å². The maximum atomic E-state index is 11.3. The Morgan fingerprint density at radius 3 is 3.10 bits per heavy atom. The minimum atomic E-state index is -0.159. The van der Waals surface area contributed by atoms with Crippen LogP contribution in [-0.2, 0) is 0 Å². The molecule has 2 unspecified atom stereocenters. The quantitative estimate of drug-likeness (QED) is 0.738. The summed E-state index contributed by atoms with van der Waals surface area (Å²) >= 11 is 0. The Bertz CT molecular complexity index is 648. The van der Waals surface area contributed by atoms with Gasteiger partial charge in [-0.15, -0.1) is 5.10 Å². The van der Waals surface area contributed by atoms with Crippen LogP contribution >= 0.6 is 0 Å². The van der Waals surface area contributed by atoms with Crippen molar-refractivity contribution >= 4 is 5.95 Å². The lowest BCUT2D eigenvalue weighted by Crippen LogP contribution is -2.50. The summed E-state index contributed by atoms with van der Waals surface area (Å²) in [5.74, 6) is 1.19. The summed E-state index contributed by atoms with van der Waals surface area (Å²) < 4.78 is 0. The molecule has 0 bridgehead atoms. The second-order valence-electron chi connectivity index (χ2n) is 5.15. The molecule has 2 aromatic heterocycles. The molecule has 0 spiro atoms. The monoisotopic (exact) mass is 274 g/mol. The Hall–Kier alpha value is -2.15. The molecule has 0 amide bonds. The lowest BCUT2D eigenvalue weighted by atomic mass is 9.99. The van der Waals surface area contributed by atoms with Gasteiger partial charge in [0.2, 0.25) is 11.5 Å². The van der Waals surface area contributed by atoms with Crippen LogP contribution in [-0.4, -0.2) is 38.8 Å². The third-order valence-corrected chi connectivity index (χ3v) is 3.80. The molecule has 0 radical (unpaired) electrons. The van der Waals surface area contributed by atoms with Gasteiger partial charge in [-0.25, -0.2) is 0 Å². The fraction of sp³-hybridized carbons (Fsp3) is 0.462. The molecule has 3 heterocycles. The third-order valence-electron chi connectivity index (χ3n) is 3.80. The zero-order chi connectivity index (χ0) is 14.1. The van der Waals surface area contributed by atoms with Crippen molar-refractivity contribution in [3.05, 3.63) is 28.6 Å². The van der Waals surface area contributed by atoms with E-state index >= 15 is 0 Å². The highest BCUT2D eigenvalue weighted by atomic mass is 16.1.